The summed E-state index contributed by atoms with van der Waals surface area (Å²) in [5.74, 6) is -1.84. The van der Waals surface area contributed by atoms with Gasteiger partial charge in [0.2, 0.25) is 0 Å². The number of rotatable bonds is 12. The van der Waals surface area contributed by atoms with E-state index in [2.05, 4.69) is 13.8 Å². The van der Waals surface area contributed by atoms with Gasteiger partial charge < -0.3 is 19.8 Å². The van der Waals surface area contributed by atoms with Crippen LogP contribution in [0.2, 0.25) is 0 Å². The summed E-state index contributed by atoms with van der Waals surface area (Å²) in [6.07, 6.45) is 11.2. The Bertz CT molecular complexity index is 223. The number of hydrogen-bond acceptors (Lipinski definition) is 5. The van der Waals surface area contributed by atoms with Crippen molar-refractivity contribution in [2.75, 3.05) is 0 Å². The van der Waals surface area contributed by atoms with E-state index in [1.165, 1.54) is 25.7 Å². The normalized spacial score (nSPS) is 9.09. The standard InChI is InChI=1S/2C8H16O2.O.Sn/c2*1-2-3-4-5-6-7-8(9)10;;/h2*2-7H2,1H3,(H,9,10);;/q;;;+2/p-2. The van der Waals surface area contributed by atoms with E-state index >= 15 is 0 Å². The van der Waals surface area contributed by atoms with Crippen LogP contribution in [0.25, 0.3) is 0 Å². The topological polar surface area (TPSA) is 97.3 Å². The molecule has 0 amide bonds. The SMILES string of the molecule is CCCCCCCC(=O)[O-].CCCCCCCC(=O)[O-].[O]=[Sn+2]. The van der Waals surface area contributed by atoms with Crippen molar-refractivity contribution in [2.24, 2.45) is 0 Å². The summed E-state index contributed by atoms with van der Waals surface area (Å²) in [4.78, 5) is 19.8. The first-order chi connectivity index (χ1) is 10.5. The zero-order valence-electron chi connectivity index (χ0n) is 14.0. The summed E-state index contributed by atoms with van der Waals surface area (Å²) in [5, 5.41) is 19.8. The van der Waals surface area contributed by atoms with Gasteiger partial charge in [0, 0.05) is 11.9 Å². The van der Waals surface area contributed by atoms with Crippen LogP contribution in [0.5, 0.6) is 0 Å². The second-order valence-corrected chi connectivity index (χ2v) is 5.07. The van der Waals surface area contributed by atoms with Gasteiger partial charge >= 0.3 is 25.6 Å². The predicted octanol–water partition coefficient (Wildman–Crippen LogP) is 1.69. The third-order valence-electron chi connectivity index (χ3n) is 2.97. The van der Waals surface area contributed by atoms with Gasteiger partial charge in [-0.25, -0.2) is 0 Å². The Balaban J connectivity index is -0.000000294. The van der Waals surface area contributed by atoms with Crippen LogP contribution < -0.4 is 10.2 Å². The predicted molar refractivity (Wildman–Crippen MR) is 83.2 cm³/mol. The van der Waals surface area contributed by atoms with E-state index in [1.54, 1.807) is 0 Å². The van der Waals surface area contributed by atoms with Crippen molar-refractivity contribution < 1.29 is 22.9 Å². The molecule has 0 aliphatic heterocycles. The van der Waals surface area contributed by atoms with E-state index in [4.69, 9.17) is 3.08 Å². The van der Waals surface area contributed by atoms with Gasteiger partial charge in [0.1, 0.15) is 0 Å². The minimum atomic E-state index is -0.920. The van der Waals surface area contributed by atoms with Crippen LogP contribution in [0.1, 0.15) is 90.9 Å². The molecule has 0 aromatic carbocycles. The molecule has 0 saturated heterocycles. The van der Waals surface area contributed by atoms with Crippen LogP contribution in [-0.4, -0.2) is 34.4 Å². The van der Waals surface area contributed by atoms with Crippen molar-refractivity contribution in [1.29, 1.82) is 0 Å². The van der Waals surface area contributed by atoms with Crippen molar-refractivity contribution in [1.82, 2.24) is 0 Å². The Hall–Kier alpha value is -0.461. The average molecular weight is 421 g/mol. The molecule has 0 N–H and O–H groups in total. The van der Waals surface area contributed by atoms with E-state index < -0.39 is 11.9 Å². The molecular weight excluding hydrogens is 391 g/mol. The summed E-state index contributed by atoms with van der Waals surface area (Å²) in [7, 11) is 0. The summed E-state index contributed by atoms with van der Waals surface area (Å²) >= 11 is 0.300. The minimum absolute atomic E-state index is 0.226. The maximum atomic E-state index is 9.92. The summed E-state index contributed by atoms with van der Waals surface area (Å²) < 4.78 is 8.34. The van der Waals surface area contributed by atoms with Crippen LogP contribution >= 0.6 is 0 Å². The second kappa shape index (κ2) is 25.5. The van der Waals surface area contributed by atoms with Crippen LogP contribution in [0, 0.1) is 0 Å². The molecule has 0 atom stereocenters. The van der Waals surface area contributed by atoms with Crippen molar-refractivity contribution in [2.45, 2.75) is 90.9 Å². The van der Waals surface area contributed by atoms with Crippen LogP contribution in [0.15, 0.2) is 0 Å². The van der Waals surface area contributed by atoms with Gasteiger partial charge in [-0.1, -0.05) is 65.2 Å². The number of hydrogen-bond donors (Lipinski definition) is 0. The summed E-state index contributed by atoms with van der Waals surface area (Å²) in [6.45, 7) is 4.28. The number of carboxylic acids is 2. The van der Waals surface area contributed by atoms with Crippen molar-refractivity contribution >= 4 is 34.4 Å². The number of unbranched alkanes of at least 4 members (excludes halogenated alkanes) is 8. The van der Waals surface area contributed by atoms with Crippen LogP contribution in [-0.2, 0) is 12.7 Å². The van der Waals surface area contributed by atoms with Crippen molar-refractivity contribution in [3.05, 3.63) is 0 Å². The molecule has 128 valence electrons. The Labute approximate surface area is 148 Å². The molecule has 5 nitrogen and oxygen atoms in total. The van der Waals surface area contributed by atoms with E-state index in [-0.39, 0.29) is 12.8 Å². The molecule has 0 aromatic heterocycles. The Morgan fingerprint density at radius 1 is 0.636 bits per heavy atom. The fourth-order valence-corrected chi connectivity index (χ4v) is 1.75. The zero-order valence-corrected chi connectivity index (χ0v) is 16.9. The second-order valence-electron chi connectivity index (χ2n) is 5.07. The average Bonchev–Trinajstić information content (AvgIpc) is 2.49. The quantitative estimate of drug-likeness (QED) is 0.353. The molecule has 0 spiro atoms. The molecular formula is C16H30O5Sn. The van der Waals surface area contributed by atoms with Gasteiger partial charge in [0.15, 0.2) is 0 Å². The Morgan fingerprint density at radius 2 is 0.909 bits per heavy atom. The monoisotopic (exact) mass is 422 g/mol. The first-order valence-electron chi connectivity index (χ1n) is 8.14. The molecule has 0 aromatic rings. The molecule has 0 radical (unpaired) electrons. The van der Waals surface area contributed by atoms with Crippen LogP contribution in [0.3, 0.4) is 0 Å². The molecule has 0 aliphatic rings. The van der Waals surface area contributed by atoms with Crippen LogP contribution in [0.4, 0.5) is 0 Å². The summed E-state index contributed by atoms with van der Waals surface area (Å²) in [5.41, 5.74) is 0. The molecule has 0 aliphatic carbocycles. The molecule has 0 unspecified atom stereocenters. The molecule has 0 bridgehead atoms. The van der Waals surface area contributed by atoms with E-state index in [0.29, 0.717) is 22.5 Å². The number of carboxylic acid groups (broad SMARTS) is 2. The third kappa shape index (κ3) is 36.6. The fraction of sp³-hybridized carbons (Fsp3) is 0.875. The Morgan fingerprint density at radius 3 is 1.14 bits per heavy atom. The van der Waals surface area contributed by atoms with Gasteiger partial charge in [-0.15, -0.1) is 0 Å². The number of carbonyl (C=O) groups excluding carboxylic acids is 2. The van der Waals surface area contributed by atoms with E-state index in [0.717, 1.165) is 38.5 Å². The fourth-order valence-electron chi connectivity index (χ4n) is 1.75. The molecule has 0 heterocycles. The zero-order chi connectivity index (χ0) is 17.6. The van der Waals surface area contributed by atoms with E-state index in [9.17, 15) is 19.8 Å². The summed E-state index contributed by atoms with van der Waals surface area (Å²) in [6, 6.07) is 0. The first-order valence-corrected chi connectivity index (χ1v) is 9.31. The van der Waals surface area contributed by atoms with Gasteiger partial charge in [-0.05, 0) is 25.7 Å². The molecule has 0 rings (SSSR count). The number of carbonyl (C=O) groups is 2. The van der Waals surface area contributed by atoms with Gasteiger partial charge in [-0.3, -0.25) is 0 Å². The van der Waals surface area contributed by atoms with Gasteiger partial charge in [-0.2, -0.15) is 0 Å². The van der Waals surface area contributed by atoms with Gasteiger partial charge in [0.25, 0.3) is 0 Å². The first kappa shape index (κ1) is 26.4. The maximum absolute atomic E-state index is 9.92. The molecule has 0 saturated carbocycles. The molecule has 22 heavy (non-hydrogen) atoms. The van der Waals surface area contributed by atoms with Crippen molar-refractivity contribution in [3.63, 3.8) is 0 Å². The van der Waals surface area contributed by atoms with Gasteiger partial charge in [0.05, 0.1) is 0 Å². The molecule has 6 heteroatoms. The Kier molecular flexibility index (Phi) is 30.6. The van der Waals surface area contributed by atoms with Crippen molar-refractivity contribution in [3.8, 4) is 0 Å². The van der Waals surface area contributed by atoms with E-state index in [1.807, 2.05) is 0 Å². The molecule has 0 fully saturated rings. The third-order valence-corrected chi connectivity index (χ3v) is 2.97. The number of aliphatic carboxylic acids is 2.